The maximum absolute atomic E-state index is 6.14. The molecule has 0 saturated carbocycles. The highest BCUT2D eigenvalue weighted by atomic mass is 35.5. The maximum Gasteiger partial charge on any atom is 0.216 e. The molecule has 3 rings (SSSR count). The number of aromatic nitrogens is 3. The fraction of sp³-hybridized carbons (Fsp3) is 0. The fourth-order valence-electron chi connectivity index (χ4n) is 1.94. The van der Waals surface area contributed by atoms with Gasteiger partial charge in [0.1, 0.15) is 0 Å². The Morgan fingerprint density at radius 3 is 2.61 bits per heavy atom. The molecule has 1 aromatic heterocycles. The number of nitrogens with zero attached hydrogens (tertiary/aromatic N) is 3. The molecule has 116 valence electrons. The molecule has 4 nitrogen and oxygen atoms in total. The van der Waals surface area contributed by atoms with Gasteiger partial charge in [-0.25, -0.2) is 5.10 Å². The van der Waals surface area contributed by atoms with Crippen LogP contribution in [0.5, 0.6) is 0 Å². The first-order valence-electron chi connectivity index (χ1n) is 6.47. The van der Waals surface area contributed by atoms with Crippen molar-refractivity contribution in [3.05, 3.63) is 67.9 Å². The van der Waals surface area contributed by atoms with Gasteiger partial charge in [-0.3, -0.25) is 0 Å². The van der Waals surface area contributed by atoms with Crippen LogP contribution >= 0.6 is 47.0 Å². The van der Waals surface area contributed by atoms with Crippen molar-refractivity contribution < 1.29 is 0 Å². The third kappa shape index (κ3) is 3.64. The van der Waals surface area contributed by atoms with Crippen LogP contribution in [0.25, 0.3) is 11.4 Å². The van der Waals surface area contributed by atoms with E-state index < -0.39 is 0 Å². The Labute approximate surface area is 152 Å². The third-order valence-electron chi connectivity index (χ3n) is 3.01. The zero-order valence-electron chi connectivity index (χ0n) is 11.5. The summed E-state index contributed by atoms with van der Waals surface area (Å²) in [5, 5.41) is 12.9. The van der Waals surface area contributed by atoms with E-state index in [1.807, 2.05) is 12.1 Å². The molecule has 0 unspecified atom stereocenters. The van der Waals surface area contributed by atoms with Crippen molar-refractivity contribution >= 4 is 53.2 Å². The molecule has 0 radical (unpaired) electrons. The maximum atomic E-state index is 6.14. The van der Waals surface area contributed by atoms with E-state index in [0.717, 1.165) is 11.1 Å². The molecular formula is C15H9Cl3N4S. The van der Waals surface area contributed by atoms with Gasteiger partial charge in [0.2, 0.25) is 4.77 Å². The summed E-state index contributed by atoms with van der Waals surface area (Å²) in [7, 11) is 0. The Morgan fingerprint density at radius 1 is 1.09 bits per heavy atom. The summed E-state index contributed by atoms with van der Waals surface area (Å²) in [5.41, 5.74) is 1.51. The fourth-order valence-corrected chi connectivity index (χ4v) is 2.77. The van der Waals surface area contributed by atoms with Crippen LogP contribution in [0.1, 0.15) is 5.56 Å². The summed E-state index contributed by atoms with van der Waals surface area (Å²) in [6, 6.07) is 12.4. The molecule has 0 spiro atoms. The van der Waals surface area contributed by atoms with E-state index in [4.69, 9.17) is 47.0 Å². The Hall–Kier alpha value is -1.66. The summed E-state index contributed by atoms with van der Waals surface area (Å²) in [6.45, 7) is 0. The van der Waals surface area contributed by atoms with E-state index in [0.29, 0.717) is 25.7 Å². The number of hydrogen-bond acceptors (Lipinski definition) is 3. The molecule has 0 aliphatic carbocycles. The summed E-state index contributed by atoms with van der Waals surface area (Å²) in [5.74, 6) is 0.554. The highest BCUT2D eigenvalue weighted by Gasteiger charge is 2.08. The van der Waals surface area contributed by atoms with Crippen LogP contribution in [0.2, 0.25) is 15.1 Å². The molecule has 0 fully saturated rings. The van der Waals surface area contributed by atoms with E-state index in [1.54, 1.807) is 36.5 Å². The summed E-state index contributed by atoms with van der Waals surface area (Å²) < 4.78 is 1.87. The Morgan fingerprint density at radius 2 is 1.87 bits per heavy atom. The predicted molar refractivity (Wildman–Crippen MR) is 97.3 cm³/mol. The largest absolute Gasteiger partial charge is 0.250 e. The number of rotatable bonds is 3. The van der Waals surface area contributed by atoms with Crippen LogP contribution in [0.15, 0.2) is 47.6 Å². The Balaban J connectivity index is 2.02. The van der Waals surface area contributed by atoms with Gasteiger partial charge in [-0.2, -0.15) is 14.9 Å². The molecule has 0 bridgehead atoms. The summed E-state index contributed by atoms with van der Waals surface area (Å²) in [4.78, 5) is 0. The minimum atomic E-state index is 0.362. The van der Waals surface area contributed by atoms with Crippen LogP contribution in [-0.2, 0) is 0 Å². The lowest BCUT2D eigenvalue weighted by Crippen LogP contribution is -1.95. The molecule has 0 aliphatic heterocycles. The number of nitrogens with one attached hydrogen (secondary N) is 1. The second-order valence-corrected chi connectivity index (χ2v) is 6.25. The van der Waals surface area contributed by atoms with Gasteiger partial charge >= 0.3 is 0 Å². The Kier molecular flexibility index (Phi) is 4.82. The van der Waals surface area contributed by atoms with Crippen molar-refractivity contribution in [2.45, 2.75) is 0 Å². The van der Waals surface area contributed by atoms with E-state index >= 15 is 0 Å². The first kappa shape index (κ1) is 16.2. The van der Waals surface area contributed by atoms with Crippen LogP contribution in [-0.4, -0.2) is 21.1 Å². The number of aromatic amines is 1. The van der Waals surface area contributed by atoms with E-state index in [1.165, 1.54) is 4.68 Å². The van der Waals surface area contributed by atoms with Crippen LogP contribution in [0, 0.1) is 4.77 Å². The number of hydrogen-bond donors (Lipinski definition) is 1. The average Bonchev–Trinajstić information content (AvgIpc) is 2.87. The zero-order chi connectivity index (χ0) is 16.4. The van der Waals surface area contributed by atoms with E-state index in [2.05, 4.69) is 15.3 Å². The number of benzene rings is 2. The second-order valence-electron chi connectivity index (χ2n) is 4.58. The molecule has 8 heteroatoms. The van der Waals surface area contributed by atoms with Gasteiger partial charge in [0.15, 0.2) is 5.82 Å². The molecular weight excluding hydrogens is 375 g/mol. The number of H-pyrrole nitrogens is 1. The van der Waals surface area contributed by atoms with E-state index in [-0.39, 0.29) is 0 Å². The normalized spacial score (nSPS) is 11.3. The molecule has 2 aromatic carbocycles. The molecule has 1 heterocycles. The minimum Gasteiger partial charge on any atom is -0.250 e. The SMILES string of the molecule is S=c1[nH]nc(-c2cccc(Cl)c2)n1N=Cc1ccc(Cl)cc1Cl. The zero-order valence-corrected chi connectivity index (χ0v) is 14.6. The van der Waals surface area contributed by atoms with E-state index in [9.17, 15) is 0 Å². The van der Waals surface area contributed by atoms with Crippen molar-refractivity contribution in [1.82, 2.24) is 14.9 Å². The van der Waals surface area contributed by atoms with Crippen molar-refractivity contribution in [2.75, 3.05) is 0 Å². The van der Waals surface area contributed by atoms with Gasteiger partial charge in [-0.15, -0.1) is 0 Å². The van der Waals surface area contributed by atoms with Gasteiger partial charge < -0.3 is 0 Å². The second kappa shape index (κ2) is 6.84. The van der Waals surface area contributed by atoms with Crippen molar-refractivity contribution in [1.29, 1.82) is 0 Å². The lowest BCUT2D eigenvalue weighted by Gasteiger charge is -2.02. The third-order valence-corrected chi connectivity index (χ3v) is 4.07. The standard InChI is InChI=1S/C15H9Cl3N4S/c16-11-3-1-2-9(6-11)14-20-21-15(23)22(14)19-8-10-4-5-12(17)7-13(10)18/h1-8H,(H,21,23). The molecule has 0 saturated heterocycles. The quantitative estimate of drug-likeness (QED) is 0.483. The lowest BCUT2D eigenvalue weighted by molar-refractivity contribution is 0.871. The summed E-state index contributed by atoms with van der Waals surface area (Å²) in [6.07, 6.45) is 1.60. The smallest absolute Gasteiger partial charge is 0.216 e. The highest BCUT2D eigenvalue weighted by molar-refractivity contribution is 7.71. The van der Waals surface area contributed by atoms with Gasteiger partial charge in [0.05, 0.1) is 11.2 Å². The molecule has 3 aromatic rings. The van der Waals surface area contributed by atoms with Gasteiger partial charge in [0, 0.05) is 21.2 Å². The molecule has 1 N–H and O–H groups in total. The topological polar surface area (TPSA) is 46.0 Å². The molecule has 0 atom stereocenters. The Bertz CT molecular complexity index is 946. The van der Waals surface area contributed by atoms with Crippen molar-refractivity contribution in [3.63, 3.8) is 0 Å². The molecule has 23 heavy (non-hydrogen) atoms. The van der Waals surface area contributed by atoms with Gasteiger partial charge in [-0.05, 0) is 36.5 Å². The number of halogens is 3. The van der Waals surface area contributed by atoms with Gasteiger partial charge in [-0.1, -0.05) is 53.0 Å². The minimum absolute atomic E-state index is 0.362. The predicted octanol–water partition coefficient (Wildman–Crippen LogP) is 5.45. The molecule has 0 aliphatic rings. The van der Waals surface area contributed by atoms with Crippen molar-refractivity contribution in [2.24, 2.45) is 5.10 Å². The van der Waals surface area contributed by atoms with Gasteiger partial charge in [0.25, 0.3) is 0 Å². The van der Waals surface area contributed by atoms with Crippen LogP contribution in [0.3, 0.4) is 0 Å². The average molecular weight is 384 g/mol. The van der Waals surface area contributed by atoms with Crippen LogP contribution < -0.4 is 0 Å². The monoisotopic (exact) mass is 382 g/mol. The van der Waals surface area contributed by atoms with Crippen LogP contribution in [0.4, 0.5) is 0 Å². The first-order chi connectivity index (χ1) is 11.0. The lowest BCUT2D eigenvalue weighted by atomic mass is 10.2. The summed E-state index contributed by atoms with van der Waals surface area (Å²) >= 11 is 23.3. The highest BCUT2D eigenvalue weighted by Crippen LogP contribution is 2.22. The van der Waals surface area contributed by atoms with Crippen molar-refractivity contribution in [3.8, 4) is 11.4 Å². The molecule has 0 amide bonds. The first-order valence-corrected chi connectivity index (χ1v) is 8.01.